The Morgan fingerprint density at radius 1 is 0.914 bits per heavy atom. The summed E-state index contributed by atoms with van der Waals surface area (Å²) in [5, 5.41) is 3.31. The second kappa shape index (κ2) is 10.0. The summed E-state index contributed by atoms with van der Waals surface area (Å²) in [5.41, 5.74) is 3.65. The van der Waals surface area contributed by atoms with E-state index in [1.807, 2.05) is 78.7 Å². The number of nitrogens with one attached hydrogen (secondary N) is 1. The SMILES string of the molecule is COc1cc(Nc2nc(-c3ccccc3)nc(N(C)Cc3ccccc3)n2)ccc1-c1cnco1. The molecule has 174 valence electrons. The maximum Gasteiger partial charge on any atom is 0.232 e. The lowest BCUT2D eigenvalue weighted by Crippen LogP contribution is -2.20. The van der Waals surface area contributed by atoms with Crippen LogP contribution in [0.4, 0.5) is 17.6 Å². The van der Waals surface area contributed by atoms with Crippen molar-refractivity contribution in [2.45, 2.75) is 6.54 Å². The molecule has 5 rings (SSSR count). The van der Waals surface area contributed by atoms with Gasteiger partial charge in [0.1, 0.15) is 5.75 Å². The summed E-state index contributed by atoms with van der Waals surface area (Å²) in [6.07, 6.45) is 3.04. The topological polar surface area (TPSA) is 89.2 Å². The van der Waals surface area contributed by atoms with Crippen LogP contribution in [0.3, 0.4) is 0 Å². The molecule has 0 aliphatic carbocycles. The summed E-state index contributed by atoms with van der Waals surface area (Å²) >= 11 is 0. The van der Waals surface area contributed by atoms with E-state index in [-0.39, 0.29) is 0 Å². The molecule has 5 aromatic rings. The predicted molar refractivity (Wildman–Crippen MR) is 136 cm³/mol. The third kappa shape index (κ3) is 5.11. The zero-order valence-electron chi connectivity index (χ0n) is 19.4. The number of hydrogen-bond acceptors (Lipinski definition) is 8. The van der Waals surface area contributed by atoms with E-state index in [9.17, 15) is 0 Å². The van der Waals surface area contributed by atoms with Crippen LogP contribution in [0.1, 0.15) is 5.56 Å². The normalized spacial score (nSPS) is 10.7. The Hall–Kier alpha value is -4.72. The van der Waals surface area contributed by atoms with Crippen molar-refractivity contribution in [1.82, 2.24) is 19.9 Å². The fraction of sp³-hybridized carbons (Fsp3) is 0.111. The van der Waals surface area contributed by atoms with Gasteiger partial charge in [0.2, 0.25) is 11.9 Å². The van der Waals surface area contributed by atoms with Gasteiger partial charge in [-0.15, -0.1) is 0 Å². The van der Waals surface area contributed by atoms with Crippen LogP contribution < -0.4 is 15.0 Å². The van der Waals surface area contributed by atoms with E-state index in [0.717, 1.165) is 16.8 Å². The van der Waals surface area contributed by atoms with Gasteiger partial charge >= 0.3 is 0 Å². The van der Waals surface area contributed by atoms with Gasteiger partial charge in [-0.2, -0.15) is 15.0 Å². The standard InChI is InChI=1S/C27H24N6O2/c1-33(17-19-9-5-3-6-10-19)27-31-25(20-11-7-4-8-12-20)30-26(32-27)29-21-13-14-22(23(15-21)34-2)24-16-28-18-35-24/h3-16,18H,17H2,1-2H3,(H,29,30,31,32). The second-order valence-corrected chi connectivity index (χ2v) is 7.90. The minimum Gasteiger partial charge on any atom is -0.496 e. The van der Waals surface area contributed by atoms with Crippen LogP contribution in [0, 0.1) is 0 Å². The molecule has 0 spiro atoms. The molecule has 0 amide bonds. The Morgan fingerprint density at radius 3 is 2.40 bits per heavy atom. The highest BCUT2D eigenvalue weighted by atomic mass is 16.5. The molecule has 0 bridgehead atoms. The molecule has 2 aromatic heterocycles. The Kier molecular flexibility index (Phi) is 6.34. The van der Waals surface area contributed by atoms with Crippen LogP contribution in [0.15, 0.2) is 95.9 Å². The molecule has 0 unspecified atom stereocenters. The van der Waals surface area contributed by atoms with Crippen molar-refractivity contribution in [3.63, 3.8) is 0 Å². The number of methoxy groups -OCH3 is 1. The van der Waals surface area contributed by atoms with Crippen LogP contribution in [-0.4, -0.2) is 34.1 Å². The lowest BCUT2D eigenvalue weighted by Gasteiger charge is -2.19. The Labute approximate surface area is 203 Å². The number of oxazole rings is 1. The average Bonchev–Trinajstić information content (AvgIpc) is 3.44. The number of aromatic nitrogens is 4. The average molecular weight is 465 g/mol. The van der Waals surface area contributed by atoms with E-state index in [1.165, 1.54) is 12.0 Å². The largest absolute Gasteiger partial charge is 0.496 e. The molecule has 1 N–H and O–H groups in total. The molecule has 8 nitrogen and oxygen atoms in total. The minimum absolute atomic E-state index is 0.434. The van der Waals surface area contributed by atoms with E-state index in [0.29, 0.717) is 35.8 Å². The van der Waals surface area contributed by atoms with Crippen molar-refractivity contribution in [2.75, 3.05) is 24.4 Å². The highest BCUT2D eigenvalue weighted by Gasteiger charge is 2.14. The van der Waals surface area contributed by atoms with Crippen molar-refractivity contribution in [3.8, 4) is 28.5 Å². The van der Waals surface area contributed by atoms with Crippen molar-refractivity contribution < 1.29 is 9.15 Å². The first-order chi connectivity index (χ1) is 17.2. The highest BCUT2D eigenvalue weighted by Crippen LogP contribution is 2.33. The summed E-state index contributed by atoms with van der Waals surface area (Å²) < 4.78 is 11.0. The first-order valence-electron chi connectivity index (χ1n) is 11.1. The van der Waals surface area contributed by atoms with Crippen LogP contribution in [-0.2, 0) is 6.54 Å². The van der Waals surface area contributed by atoms with Crippen molar-refractivity contribution in [2.24, 2.45) is 0 Å². The second-order valence-electron chi connectivity index (χ2n) is 7.90. The molecule has 0 fully saturated rings. The maximum absolute atomic E-state index is 5.58. The van der Waals surface area contributed by atoms with Crippen LogP contribution in [0.5, 0.6) is 5.75 Å². The van der Waals surface area contributed by atoms with E-state index in [2.05, 4.69) is 27.4 Å². The lowest BCUT2D eigenvalue weighted by molar-refractivity contribution is 0.415. The molecule has 35 heavy (non-hydrogen) atoms. The third-order valence-electron chi connectivity index (χ3n) is 5.42. The first-order valence-corrected chi connectivity index (χ1v) is 11.1. The van der Waals surface area contributed by atoms with Gasteiger partial charge in [0.05, 0.1) is 18.9 Å². The molecular formula is C27H24N6O2. The van der Waals surface area contributed by atoms with Crippen LogP contribution in [0.2, 0.25) is 0 Å². The molecule has 2 heterocycles. The molecule has 3 aromatic carbocycles. The number of benzene rings is 3. The van der Waals surface area contributed by atoms with Gasteiger partial charge in [0, 0.05) is 30.9 Å². The number of hydrogen-bond donors (Lipinski definition) is 1. The van der Waals surface area contributed by atoms with Crippen molar-refractivity contribution >= 4 is 17.6 Å². The van der Waals surface area contributed by atoms with Crippen LogP contribution >= 0.6 is 0 Å². The van der Waals surface area contributed by atoms with E-state index in [4.69, 9.17) is 19.1 Å². The molecule has 0 aliphatic heterocycles. The monoisotopic (exact) mass is 464 g/mol. The van der Waals surface area contributed by atoms with Crippen molar-refractivity contribution in [3.05, 3.63) is 97.0 Å². The summed E-state index contributed by atoms with van der Waals surface area (Å²) in [6, 6.07) is 25.8. The molecule has 0 aliphatic rings. The smallest absolute Gasteiger partial charge is 0.232 e. The minimum atomic E-state index is 0.434. The van der Waals surface area contributed by atoms with Gasteiger partial charge in [-0.3, -0.25) is 0 Å². The molecular weight excluding hydrogens is 440 g/mol. The number of anilines is 3. The fourth-order valence-corrected chi connectivity index (χ4v) is 3.69. The van der Waals surface area contributed by atoms with Gasteiger partial charge in [0.25, 0.3) is 0 Å². The fourth-order valence-electron chi connectivity index (χ4n) is 3.69. The quantitative estimate of drug-likeness (QED) is 0.318. The number of rotatable bonds is 8. The van der Waals surface area contributed by atoms with Crippen molar-refractivity contribution in [1.29, 1.82) is 0 Å². The zero-order valence-corrected chi connectivity index (χ0v) is 19.4. The molecule has 0 saturated heterocycles. The first kappa shape index (κ1) is 22.1. The summed E-state index contributed by atoms with van der Waals surface area (Å²) in [4.78, 5) is 20.1. The number of nitrogens with zero attached hydrogens (tertiary/aromatic N) is 5. The lowest BCUT2D eigenvalue weighted by atomic mass is 10.1. The van der Waals surface area contributed by atoms with Crippen LogP contribution in [0.25, 0.3) is 22.7 Å². The van der Waals surface area contributed by atoms with Gasteiger partial charge in [-0.05, 0) is 17.7 Å². The molecule has 0 saturated carbocycles. The molecule has 0 radical (unpaired) electrons. The Bertz CT molecular complexity index is 1390. The Morgan fingerprint density at radius 2 is 1.69 bits per heavy atom. The van der Waals surface area contributed by atoms with E-state index in [1.54, 1.807) is 13.3 Å². The van der Waals surface area contributed by atoms with E-state index < -0.39 is 0 Å². The van der Waals surface area contributed by atoms with E-state index >= 15 is 0 Å². The van der Waals surface area contributed by atoms with Gasteiger partial charge < -0.3 is 19.4 Å². The highest BCUT2D eigenvalue weighted by molar-refractivity contribution is 5.71. The molecule has 0 atom stereocenters. The molecule has 8 heteroatoms. The third-order valence-corrected chi connectivity index (χ3v) is 5.42. The van der Waals surface area contributed by atoms with Gasteiger partial charge in [-0.1, -0.05) is 60.7 Å². The zero-order chi connectivity index (χ0) is 24.0. The Balaban J connectivity index is 1.49. The number of ether oxygens (including phenoxy) is 1. The predicted octanol–water partition coefficient (Wildman–Crippen LogP) is 5.58. The van der Waals surface area contributed by atoms with Gasteiger partial charge in [0.15, 0.2) is 18.0 Å². The summed E-state index contributed by atoms with van der Waals surface area (Å²) in [7, 11) is 3.59. The summed E-state index contributed by atoms with van der Waals surface area (Å²) in [6.45, 7) is 0.665. The summed E-state index contributed by atoms with van der Waals surface area (Å²) in [5.74, 6) is 2.86. The maximum atomic E-state index is 5.58. The van der Waals surface area contributed by atoms with Gasteiger partial charge in [-0.25, -0.2) is 4.98 Å².